The normalized spacial score (nSPS) is 15.7. The van der Waals surface area contributed by atoms with Gasteiger partial charge in [0.15, 0.2) is 0 Å². The Bertz CT molecular complexity index is 652. The van der Waals surface area contributed by atoms with Gasteiger partial charge in [-0.25, -0.2) is 0 Å². The number of halogens is 3. The average molecular weight is 495 g/mol. The lowest BCUT2D eigenvalue weighted by atomic mass is 10.2. The first-order valence-corrected chi connectivity index (χ1v) is 10.5. The molecule has 25 heavy (non-hydrogen) atoms. The first kappa shape index (κ1) is 20.5. The van der Waals surface area contributed by atoms with E-state index in [1.165, 1.54) is 6.08 Å². The van der Waals surface area contributed by atoms with Gasteiger partial charge in [-0.2, -0.15) is 0 Å². The topological polar surface area (TPSA) is 40.6 Å². The molecule has 0 aromatic heterocycles. The highest BCUT2D eigenvalue weighted by molar-refractivity contribution is 14.1. The third-order valence-electron chi connectivity index (χ3n) is 4.07. The van der Waals surface area contributed by atoms with E-state index in [-0.39, 0.29) is 11.8 Å². The maximum atomic E-state index is 12.4. The van der Waals surface area contributed by atoms with Crippen molar-refractivity contribution >= 4 is 63.7 Å². The summed E-state index contributed by atoms with van der Waals surface area (Å²) < 4.78 is 1.10. The van der Waals surface area contributed by atoms with Crippen molar-refractivity contribution in [2.24, 2.45) is 0 Å². The lowest BCUT2D eigenvalue weighted by Gasteiger charge is -2.21. The zero-order valence-electron chi connectivity index (χ0n) is 13.9. The monoisotopic (exact) mass is 494 g/mol. The van der Waals surface area contributed by atoms with Crippen LogP contribution in [0.4, 0.5) is 0 Å². The summed E-state index contributed by atoms with van der Waals surface area (Å²) in [5.74, 6) is 0.0465. The molecular weight excluding hydrogens is 474 g/mol. The number of hydrogen-bond donors (Lipinski definition) is 0. The lowest BCUT2D eigenvalue weighted by molar-refractivity contribution is -0.130. The van der Waals surface area contributed by atoms with Crippen LogP contribution in [0.1, 0.15) is 24.8 Å². The number of carbonyl (C=O) groups is 2. The lowest BCUT2D eigenvalue weighted by Crippen LogP contribution is -2.35. The summed E-state index contributed by atoms with van der Waals surface area (Å²) in [6.45, 7) is 2.42. The molecule has 1 aromatic carbocycles. The first-order valence-electron chi connectivity index (χ1n) is 8.27. The molecule has 0 N–H and O–H groups in total. The predicted octanol–water partition coefficient (Wildman–Crippen LogP) is 4.28. The molecule has 2 amide bonds. The molecule has 1 heterocycles. The Balaban J connectivity index is 1.92. The summed E-state index contributed by atoms with van der Waals surface area (Å²) in [6.07, 6.45) is 5.75. The van der Waals surface area contributed by atoms with Gasteiger partial charge in [-0.15, -0.1) is 0 Å². The maximum absolute atomic E-state index is 12.4. The Morgan fingerprint density at radius 3 is 2.68 bits per heavy atom. The van der Waals surface area contributed by atoms with Crippen LogP contribution in [0.5, 0.6) is 0 Å². The molecule has 0 atom stereocenters. The second-order valence-corrected chi connectivity index (χ2v) is 7.75. The van der Waals surface area contributed by atoms with E-state index >= 15 is 0 Å². The van der Waals surface area contributed by atoms with Gasteiger partial charge in [0.05, 0.1) is 10.0 Å². The average Bonchev–Trinajstić information content (AvgIpc) is 2.78. The van der Waals surface area contributed by atoms with E-state index in [0.29, 0.717) is 36.1 Å². The maximum Gasteiger partial charge on any atom is 0.246 e. The summed E-state index contributed by atoms with van der Waals surface area (Å²) in [4.78, 5) is 28.2. The molecule has 1 aliphatic heterocycles. The smallest absolute Gasteiger partial charge is 0.246 e. The van der Waals surface area contributed by atoms with Gasteiger partial charge in [0.2, 0.25) is 11.8 Å². The second-order valence-electron chi connectivity index (χ2n) is 5.86. The third kappa shape index (κ3) is 6.46. The predicted molar refractivity (Wildman–Crippen MR) is 111 cm³/mol. The molecular formula is C18H21Cl2IN2O2. The largest absolute Gasteiger partial charge is 0.341 e. The second kappa shape index (κ2) is 10.4. The van der Waals surface area contributed by atoms with E-state index in [4.69, 9.17) is 23.2 Å². The van der Waals surface area contributed by atoms with Crippen LogP contribution in [0.3, 0.4) is 0 Å². The number of unbranched alkanes of at least 4 members (excludes halogenated alkanes) is 1. The summed E-state index contributed by atoms with van der Waals surface area (Å²) in [6, 6.07) is 5.22. The highest BCUT2D eigenvalue weighted by Gasteiger charge is 2.22. The molecule has 7 heteroatoms. The fourth-order valence-electron chi connectivity index (χ4n) is 2.61. The van der Waals surface area contributed by atoms with Gasteiger partial charge < -0.3 is 9.80 Å². The molecule has 0 saturated carbocycles. The van der Waals surface area contributed by atoms with Crippen molar-refractivity contribution in [3.05, 3.63) is 39.9 Å². The van der Waals surface area contributed by atoms with Crippen LogP contribution < -0.4 is 0 Å². The summed E-state index contributed by atoms with van der Waals surface area (Å²) in [5.41, 5.74) is 0.814. The van der Waals surface area contributed by atoms with Gasteiger partial charge >= 0.3 is 0 Å². The van der Waals surface area contributed by atoms with Crippen molar-refractivity contribution < 1.29 is 9.59 Å². The number of hydrogen-bond acceptors (Lipinski definition) is 2. The van der Waals surface area contributed by atoms with Crippen LogP contribution >= 0.6 is 45.8 Å². The highest BCUT2D eigenvalue weighted by atomic mass is 127. The SMILES string of the molecule is O=C(C=Cc1ccc(Cl)c(Cl)c1)N1CCC(=O)N(CCCCI)CC1. The molecule has 0 unspecified atom stereocenters. The number of nitrogens with zero attached hydrogens (tertiary/aromatic N) is 2. The minimum absolute atomic E-state index is 0.0898. The van der Waals surface area contributed by atoms with Crippen LogP contribution in [0.2, 0.25) is 10.0 Å². The van der Waals surface area contributed by atoms with Crippen molar-refractivity contribution in [1.82, 2.24) is 9.80 Å². The van der Waals surface area contributed by atoms with Gasteiger partial charge in [0, 0.05) is 38.7 Å². The first-order chi connectivity index (χ1) is 12.0. The Kier molecular flexibility index (Phi) is 8.52. The molecule has 1 saturated heterocycles. The van der Waals surface area contributed by atoms with Crippen LogP contribution in [0.25, 0.3) is 6.08 Å². The van der Waals surface area contributed by atoms with Crippen molar-refractivity contribution in [3.63, 3.8) is 0 Å². The molecule has 1 fully saturated rings. The fourth-order valence-corrected chi connectivity index (χ4v) is 3.46. The Hall–Kier alpha value is -0.790. The van der Waals surface area contributed by atoms with E-state index in [9.17, 15) is 9.59 Å². The summed E-state index contributed by atoms with van der Waals surface area (Å²) >= 11 is 14.2. The third-order valence-corrected chi connectivity index (χ3v) is 5.58. The Morgan fingerprint density at radius 2 is 1.96 bits per heavy atom. The number of rotatable bonds is 6. The van der Waals surface area contributed by atoms with Crippen LogP contribution in [0.15, 0.2) is 24.3 Å². The molecule has 2 rings (SSSR count). The van der Waals surface area contributed by atoms with E-state index in [0.717, 1.165) is 29.4 Å². The number of benzene rings is 1. The zero-order valence-corrected chi connectivity index (χ0v) is 17.6. The standard InChI is InChI=1S/C18H21Cl2IN2O2/c19-15-5-3-14(13-16(15)20)4-6-17(24)23-10-7-18(25)22(11-12-23)9-2-1-8-21/h3-6,13H,1-2,7-12H2. The highest BCUT2D eigenvalue weighted by Crippen LogP contribution is 2.23. The van der Waals surface area contributed by atoms with Gasteiger partial charge in [-0.1, -0.05) is 51.9 Å². The van der Waals surface area contributed by atoms with Gasteiger partial charge in [-0.3, -0.25) is 9.59 Å². The van der Waals surface area contributed by atoms with E-state index in [1.54, 1.807) is 29.2 Å². The Morgan fingerprint density at radius 1 is 1.16 bits per heavy atom. The molecule has 1 aromatic rings. The summed E-state index contributed by atoms with van der Waals surface area (Å²) in [7, 11) is 0. The molecule has 0 bridgehead atoms. The van der Waals surface area contributed by atoms with Crippen molar-refractivity contribution in [2.75, 3.05) is 30.6 Å². The van der Waals surface area contributed by atoms with Crippen molar-refractivity contribution in [2.45, 2.75) is 19.3 Å². The van der Waals surface area contributed by atoms with E-state index in [1.807, 2.05) is 4.90 Å². The van der Waals surface area contributed by atoms with Crippen LogP contribution in [0, 0.1) is 0 Å². The molecule has 1 aliphatic rings. The zero-order chi connectivity index (χ0) is 18.2. The minimum atomic E-state index is -0.0898. The molecule has 4 nitrogen and oxygen atoms in total. The number of alkyl halides is 1. The van der Waals surface area contributed by atoms with Crippen molar-refractivity contribution in [1.29, 1.82) is 0 Å². The Labute approximate surface area is 172 Å². The van der Waals surface area contributed by atoms with E-state index < -0.39 is 0 Å². The van der Waals surface area contributed by atoms with Gasteiger partial charge in [-0.05, 0) is 41.0 Å². The number of amides is 2. The minimum Gasteiger partial charge on any atom is -0.341 e. The molecule has 0 spiro atoms. The molecule has 136 valence electrons. The van der Waals surface area contributed by atoms with Crippen molar-refractivity contribution in [3.8, 4) is 0 Å². The summed E-state index contributed by atoms with van der Waals surface area (Å²) in [5, 5.41) is 0.942. The van der Waals surface area contributed by atoms with Gasteiger partial charge in [0.1, 0.15) is 0 Å². The van der Waals surface area contributed by atoms with E-state index in [2.05, 4.69) is 22.6 Å². The number of carbonyl (C=O) groups excluding carboxylic acids is 2. The molecule has 0 radical (unpaired) electrons. The van der Waals surface area contributed by atoms with Gasteiger partial charge in [0.25, 0.3) is 0 Å². The van der Waals surface area contributed by atoms with Crippen LogP contribution in [-0.4, -0.2) is 52.2 Å². The quantitative estimate of drug-likeness (QED) is 0.256. The fraction of sp³-hybridized carbons (Fsp3) is 0.444. The molecule has 0 aliphatic carbocycles. The van der Waals surface area contributed by atoms with Crippen LogP contribution in [-0.2, 0) is 9.59 Å².